The zero-order valence-electron chi connectivity index (χ0n) is 9.62. The highest BCUT2D eigenvalue weighted by atomic mass is 32.2. The first-order chi connectivity index (χ1) is 6.34. The highest BCUT2D eigenvalue weighted by Crippen LogP contribution is 2.19. The fraction of sp³-hybridized carbons (Fsp3) is 0.900. The lowest BCUT2D eigenvalue weighted by Gasteiger charge is -2.23. The molecule has 0 aliphatic rings. The Labute approximate surface area is 88.7 Å². The number of rotatable bonds is 4. The van der Waals surface area contributed by atoms with Gasteiger partial charge in [0, 0.05) is 15.5 Å². The van der Waals surface area contributed by atoms with Gasteiger partial charge in [-0.1, -0.05) is 6.92 Å². The second-order valence-electron chi connectivity index (χ2n) is 4.06. The van der Waals surface area contributed by atoms with Crippen LogP contribution in [0.4, 0.5) is 0 Å². The summed E-state index contributed by atoms with van der Waals surface area (Å²) in [5, 5.41) is -0.491. The molecule has 0 spiro atoms. The molecular formula is C10H20O3S. The van der Waals surface area contributed by atoms with Crippen LogP contribution in [0.2, 0.25) is 0 Å². The van der Waals surface area contributed by atoms with Crippen LogP contribution < -0.4 is 0 Å². The van der Waals surface area contributed by atoms with Gasteiger partial charge in [-0.15, -0.1) is 0 Å². The number of carbonyl (C=O) groups excluding carboxylic acids is 1. The second kappa shape index (κ2) is 5.49. The molecule has 0 aliphatic carbocycles. The molecule has 0 rings (SSSR count). The van der Waals surface area contributed by atoms with Gasteiger partial charge in [0.25, 0.3) is 0 Å². The van der Waals surface area contributed by atoms with Gasteiger partial charge in [0.15, 0.2) is 0 Å². The fourth-order valence-corrected chi connectivity index (χ4v) is 2.47. The standard InChI is InChI=1S/C10H20O3S/c1-6-8(9(11)13-7-2)14(12)10(3,4)5/h8H,6-7H2,1-5H3. The molecule has 0 aromatic rings. The van der Waals surface area contributed by atoms with Gasteiger partial charge in [-0.3, -0.25) is 9.00 Å². The zero-order valence-corrected chi connectivity index (χ0v) is 10.4. The van der Waals surface area contributed by atoms with Gasteiger partial charge in [0.1, 0.15) is 5.25 Å². The van der Waals surface area contributed by atoms with Crippen molar-refractivity contribution in [3.05, 3.63) is 0 Å². The van der Waals surface area contributed by atoms with Crippen LogP contribution in [-0.2, 0) is 20.3 Å². The van der Waals surface area contributed by atoms with Crippen molar-refractivity contribution in [1.82, 2.24) is 0 Å². The van der Waals surface area contributed by atoms with Crippen molar-refractivity contribution in [2.24, 2.45) is 0 Å². The normalized spacial score (nSPS) is 16.1. The third-order valence-electron chi connectivity index (χ3n) is 1.78. The van der Waals surface area contributed by atoms with Crippen LogP contribution in [0.1, 0.15) is 41.0 Å². The Balaban J connectivity index is 4.57. The average molecular weight is 220 g/mol. The van der Waals surface area contributed by atoms with Crippen molar-refractivity contribution < 1.29 is 13.7 Å². The predicted octanol–water partition coefficient (Wildman–Crippen LogP) is 1.88. The van der Waals surface area contributed by atoms with E-state index in [0.29, 0.717) is 13.0 Å². The van der Waals surface area contributed by atoms with Crippen molar-refractivity contribution in [3.8, 4) is 0 Å². The minimum Gasteiger partial charge on any atom is -0.465 e. The Morgan fingerprint density at radius 1 is 1.36 bits per heavy atom. The summed E-state index contributed by atoms with van der Waals surface area (Å²) in [7, 11) is -1.18. The molecular weight excluding hydrogens is 200 g/mol. The number of hydrogen-bond donors (Lipinski definition) is 0. The lowest BCUT2D eigenvalue weighted by molar-refractivity contribution is -0.142. The summed E-state index contributed by atoms with van der Waals surface area (Å²) >= 11 is 0. The van der Waals surface area contributed by atoms with Gasteiger partial charge in [0.2, 0.25) is 0 Å². The maximum absolute atomic E-state index is 11.9. The minimum absolute atomic E-state index is 0.344. The maximum atomic E-state index is 11.9. The molecule has 0 N–H and O–H groups in total. The highest BCUT2D eigenvalue weighted by molar-refractivity contribution is 7.87. The predicted molar refractivity (Wildman–Crippen MR) is 58.6 cm³/mol. The molecule has 14 heavy (non-hydrogen) atoms. The molecule has 2 atom stereocenters. The van der Waals surface area contributed by atoms with E-state index >= 15 is 0 Å². The van der Waals surface area contributed by atoms with Crippen LogP contribution in [0.5, 0.6) is 0 Å². The smallest absolute Gasteiger partial charge is 0.321 e. The quantitative estimate of drug-likeness (QED) is 0.679. The summed E-state index contributed by atoms with van der Waals surface area (Å²) in [6.45, 7) is 9.55. The van der Waals surface area contributed by atoms with E-state index in [1.807, 2.05) is 27.7 Å². The fourth-order valence-electron chi connectivity index (χ4n) is 1.07. The lowest BCUT2D eigenvalue weighted by atomic mass is 10.3. The summed E-state index contributed by atoms with van der Waals surface area (Å²) < 4.78 is 16.4. The van der Waals surface area contributed by atoms with E-state index in [2.05, 4.69) is 0 Å². The summed E-state index contributed by atoms with van der Waals surface area (Å²) in [5.74, 6) is -0.344. The highest BCUT2D eigenvalue weighted by Gasteiger charge is 2.32. The monoisotopic (exact) mass is 220 g/mol. The second-order valence-corrected chi connectivity index (χ2v) is 6.45. The van der Waals surface area contributed by atoms with Crippen molar-refractivity contribution >= 4 is 16.8 Å². The van der Waals surface area contributed by atoms with E-state index in [1.54, 1.807) is 6.92 Å². The molecule has 0 amide bonds. The number of carbonyl (C=O) groups is 1. The van der Waals surface area contributed by atoms with Crippen molar-refractivity contribution in [2.75, 3.05) is 6.61 Å². The molecule has 84 valence electrons. The molecule has 3 nitrogen and oxygen atoms in total. The minimum atomic E-state index is -1.18. The largest absolute Gasteiger partial charge is 0.465 e. The van der Waals surface area contributed by atoms with E-state index in [9.17, 15) is 9.00 Å². The Bertz CT molecular complexity index is 218. The van der Waals surface area contributed by atoms with Crippen LogP contribution in [-0.4, -0.2) is 26.8 Å². The SMILES string of the molecule is CCOC(=O)C(CC)S(=O)C(C)(C)C. The van der Waals surface area contributed by atoms with Crippen molar-refractivity contribution in [2.45, 2.75) is 51.0 Å². The third kappa shape index (κ3) is 3.78. The molecule has 4 heteroatoms. The lowest BCUT2D eigenvalue weighted by Crippen LogP contribution is -2.37. The summed E-state index contributed by atoms with van der Waals surface area (Å²) in [5.41, 5.74) is 0. The Morgan fingerprint density at radius 2 is 1.86 bits per heavy atom. The van der Waals surface area contributed by atoms with Crippen LogP contribution in [0.3, 0.4) is 0 Å². The summed E-state index contributed by atoms with van der Waals surface area (Å²) in [4.78, 5) is 11.4. The zero-order chi connectivity index (χ0) is 11.4. The van der Waals surface area contributed by atoms with E-state index in [1.165, 1.54) is 0 Å². The van der Waals surface area contributed by atoms with Crippen LogP contribution in [0, 0.1) is 0 Å². The molecule has 0 fully saturated rings. The van der Waals surface area contributed by atoms with Crippen molar-refractivity contribution in [1.29, 1.82) is 0 Å². The Hall–Kier alpha value is -0.380. The van der Waals surface area contributed by atoms with Crippen molar-refractivity contribution in [3.63, 3.8) is 0 Å². The van der Waals surface area contributed by atoms with Gasteiger partial charge in [-0.2, -0.15) is 0 Å². The molecule has 0 aromatic carbocycles. The van der Waals surface area contributed by atoms with Gasteiger partial charge < -0.3 is 4.74 Å². The first kappa shape index (κ1) is 13.6. The maximum Gasteiger partial charge on any atom is 0.321 e. The molecule has 0 bridgehead atoms. The molecule has 0 heterocycles. The molecule has 2 unspecified atom stereocenters. The van der Waals surface area contributed by atoms with E-state index < -0.39 is 16.0 Å². The van der Waals surface area contributed by atoms with Crippen LogP contribution in [0.25, 0.3) is 0 Å². The number of hydrogen-bond acceptors (Lipinski definition) is 3. The molecule has 0 saturated heterocycles. The van der Waals surface area contributed by atoms with E-state index in [0.717, 1.165) is 0 Å². The third-order valence-corrected chi connectivity index (χ3v) is 4.03. The summed E-state index contributed by atoms with van der Waals surface area (Å²) in [6, 6.07) is 0. The van der Waals surface area contributed by atoms with Gasteiger partial charge in [-0.25, -0.2) is 0 Å². The molecule has 0 aliphatic heterocycles. The molecule has 0 saturated carbocycles. The average Bonchev–Trinajstić information content (AvgIpc) is 2.04. The van der Waals surface area contributed by atoms with E-state index in [4.69, 9.17) is 4.74 Å². The number of ether oxygens (including phenoxy) is 1. The summed E-state index contributed by atoms with van der Waals surface area (Å²) in [6.07, 6.45) is 0.558. The van der Waals surface area contributed by atoms with Crippen LogP contribution in [0.15, 0.2) is 0 Å². The van der Waals surface area contributed by atoms with Gasteiger partial charge in [-0.05, 0) is 34.1 Å². The molecule has 0 aromatic heterocycles. The first-order valence-electron chi connectivity index (χ1n) is 4.91. The van der Waals surface area contributed by atoms with Crippen LogP contribution >= 0.6 is 0 Å². The topological polar surface area (TPSA) is 43.4 Å². The van der Waals surface area contributed by atoms with Gasteiger partial charge >= 0.3 is 5.97 Å². The Morgan fingerprint density at radius 3 is 2.14 bits per heavy atom. The van der Waals surface area contributed by atoms with Gasteiger partial charge in [0.05, 0.1) is 6.61 Å². The first-order valence-corrected chi connectivity index (χ1v) is 6.13. The number of esters is 1. The Kier molecular flexibility index (Phi) is 5.34. The van der Waals surface area contributed by atoms with E-state index in [-0.39, 0.29) is 10.7 Å². The molecule has 0 radical (unpaired) electrons.